The predicted molar refractivity (Wildman–Crippen MR) is 76.4 cm³/mol. The van der Waals surface area contributed by atoms with E-state index in [1.807, 2.05) is 23.8 Å². The Hall–Kier alpha value is -1.11. The molecule has 0 fully saturated rings. The summed E-state index contributed by atoms with van der Waals surface area (Å²) in [5.74, 6) is 0. The van der Waals surface area contributed by atoms with E-state index >= 15 is 0 Å². The molecule has 19 heavy (non-hydrogen) atoms. The molecular weight excluding hydrogens is 264 g/mol. The quantitative estimate of drug-likeness (QED) is 0.714. The number of thiophene rings is 1. The van der Waals surface area contributed by atoms with Crippen molar-refractivity contribution in [3.8, 4) is 0 Å². The highest BCUT2D eigenvalue weighted by Crippen LogP contribution is 2.21. The molecule has 2 amide bonds. The van der Waals surface area contributed by atoms with Gasteiger partial charge in [0.1, 0.15) is 5.60 Å². The maximum atomic E-state index is 11.7. The van der Waals surface area contributed by atoms with Crippen LogP contribution in [0.3, 0.4) is 0 Å². The minimum Gasteiger partial charge on any atom is -0.385 e. The van der Waals surface area contributed by atoms with E-state index in [2.05, 4.69) is 10.6 Å². The van der Waals surface area contributed by atoms with Crippen LogP contribution in [0.4, 0.5) is 4.79 Å². The topological polar surface area (TPSA) is 70.6 Å². The molecule has 6 heteroatoms. The van der Waals surface area contributed by atoms with Crippen LogP contribution in [-0.4, -0.2) is 37.4 Å². The van der Waals surface area contributed by atoms with Gasteiger partial charge in [-0.25, -0.2) is 4.79 Å². The van der Waals surface area contributed by atoms with Crippen LogP contribution in [-0.2, 0) is 10.3 Å². The Morgan fingerprint density at radius 1 is 1.63 bits per heavy atom. The summed E-state index contributed by atoms with van der Waals surface area (Å²) in [7, 11) is 1.63. The molecule has 0 aliphatic heterocycles. The second-order valence-corrected chi connectivity index (χ2v) is 5.58. The van der Waals surface area contributed by atoms with Crippen molar-refractivity contribution in [1.82, 2.24) is 10.6 Å². The molecule has 0 aliphatic carbocycles. The lowest BCUT2D eigenvalue weighted by molar-refractivity contribution is 0.0596. The van der Waals surface area contributed by atoms with Gasteiger partial charge >= 0.3 is 6.03 Å². The van der Waals surface area contributed by atoms with E-state index in [9.17, 15) is 9.90 Å². The molecular formula is C13H22N2O3S. The second-order valence-electron chi connectivity index (χ2n) is 4.80. The van der Waals surface area contributed by atoms with Crippen LogP contribution in [0.15, 0.2) is 16.8 Å². The maximum Gasteiger partial charge on any atom is 0.315 e. The van der Waals surface area contributed by atoms with Gasteiger partial charge in [-0.2, -0.15) is 11.3 Å². The van der Waals surface area contributed by atoms with E-state index in [0.717, 1.165) is 12.0 Å². The number of aliphatic hydroxyl groups is 1. The van der Waals surface area contributed by atoms with Gasteiger partial charge in [0.15, 0.2) is 0 Å². The van der Waals surface area contributed by atoms with E-state index in [4.69, 9.17) is 4.74 Å². The average molecular weight is 286 g/mol. The molecule has 0 bridgehead atoms. The molecule has 0 aliphatic rings. The Kier molecular flexibility index (Phi) is 6.27. The van der Waals surface area contributed by atoms with Crippen LogP contribution >= 0.6 is 11.3 Å². The largest absolute Gasteiger partial charge is 0.385 e. The number of methoxy groups -OCH3 is 1. The first-order chi connectivity index (χ1) is 8.95. The number of nitrogens with one attached hydrogen (secondary N) is 2. The molecule has 1 rings (SSSR count). The van der Waals surface area contributed by atoms with Crippen molar-refractivity contribution in [1.29, 1.82) is 0 Å². The van der Waals surface area contributed by atoms with E-state index in [1.165, 1.54) is 11.3 Å². The zero-order valence-corrected chi connectivity index (χ0v) is 12.4. The molecule has 1 aromatic heterocycles. The van der Waals surface area contributed by atoms with Gasteiger partial charge in [-0.05, 0) is 42.7 Å². The third-order valence-corrected chi connectivity index (χ3v) is 3.55. The number of ether oxygens (including phenoxy) is 1. The van der Waals surface area contributed by atoms with Gasteiger partial charge in [-0.1, -0.05) is 0 Å². The SMILES string of the molecule is COCCC(C)NC(=O)NCC(C)(O)c1ccsc1. The first kappa shape index (κ1) is 15.9. The number of hydrogen-bond acceptors (Lipinski definition) is 4. The fraction of sp³-hybridized carbons (Fsp3) is 0.615. The van der Waals surface area contributed by atoms with Crippen molar-refractivity contribution in [3.05, 3.63) is 22.4 Å². The lowest BCUT2D eigenvalue weighted by atomic mass is 9.99. The normalized spacial score (nSPS) is 15.6. The molecule has 1 heterocycles. The minimum absolute atomic E-state index is 0.0334. The molecule has 0 saturated heterocycles. The van der Waals surface area contributed by atoms with E-state index in [1.54, 1.807) is 14.0 Å². The number of carbonyl (C=O) groups excluding carboxylic acids is 1. The van der Waals surface area contributed by atoms with Crippen LogP contribution in [0.2, 0.25) is 0 Å². The van der Waals surface area contributed by atoms with Gasteiger partial charge in [0.25, 0.3) is 0 Å². The van der Waals surface area contributed by atoms with Crippen LogP contribution in [0.25, 0.3) is 0 Å². The Bertz CT molecular complexity index is 379. The summed E-state index contributed by atoms with van der Waals surface area (Å²) in [5, 5.41) is 19.5. The summed E-state index contributed by atoms with van der Waals surface area (Å²) in [5.41, 5.74) is -0.238. The molecule has 5 nitrogen and oxygen atoms in total. The van der Waals surface area contributed by atoms with E-state index < -0.39 is 5.60 Å². The van der Waals surface area contributed by atoms with Gasteiger partial charge in [-0.3, -0.25) is 0 Å². The molecule has 3 N–H and O–H groups in total. The zero-order valence-electron chi connectivity index (χ0n) is 11.6. The molecule has 0 radical (unpaired) electrons. The third kappa shape index (κ3) is 5.59. The molecule has 2 atom stereocenters. The van der Waals surface area contributed by atoms with Gasteiger partial charge in [0.05, 0.1) is 6.54 Å². The van der Waals surface area contributed by atoms with Gasteiger partial charge < -0.3 is 20.5 Å². The smallest absolute Gasteiger partial charge is 0.315 e. The molecule has 0 saturated carbocycles. The standard InChI is InChI=1S/C13H22N2O3S/c1-10(4-6-18-3)15-12(16)14-9-13(2,17)11-5-7-19-8-11/h5,7-8,10,17H,4,6,9H2,1-3H3,(H2,14,15,16). The fourth-order valence-electron chi connectivity index (χ4n) is 1.57. The van der Waals surface area contributed by atoms with Crippen LogP contribution in [0.5, 0.6) is 0 Å². The Labute approximate surface area is 118 Å². The highest BCUT2D eigenvalue weighted by Gasteiger charge is 2.24. The first-order valence-electron chi connectivity index (χ1n) is 6.24. The van der Waals surface area contributed by atoms with E-state index in [0.29, 0.717) is 6.61 Å². The number of rotatable bonds is 7. The highest BCUT2D eigenvalue weighted by molar-refractivity contribution is 7.08. The lowest BCUT2D eigenvalue weighted by Crippen LogP contribution is -2.46. The van der Waals surface area contributed by atoms with Crippen molar-refractivity contribution < 1.29 is 14.6 Å². The van der Waals surface area contributed by atoms with Crippen LogP contribution < -0.4 is 10.6 Å². The summed E-state index contributed by atoms with van der Waals surface area (Å²) in [6.45, 7) is 4.37. The second kappa shape index (κ2) is 7.47. The Morgan fingerprint density at radius 3 is 2.95 bits per heavy atom. The first-order valence-corrected chi connectivity index (χ1v) is 7.18. The third-order valence-electron chi connectivity index (χ3n) is 2.87. The predicted octanol–water partition coefficient (Wildman–Crippen LogP) is 1.68. The number of urea groups is 1. The molecule has 2 unspecified atom stereocenters. The van der Waals surface area contributed by atoms with Gasteiger partial charge in [-0.15, -0.1) is 0 Å². The number of hydrogen-bond donors (Lipinski definition) is 3. The number of amides is 2. The maximum absolute atomic E-state index is 11.7. The minimum atomic E-state index is -1.05. The summed E-state index contributed by atoms with van der Waals surface area (Å²) in [6, 6.07) is 1.61. The average Bonchev–Trinajstić information content (AvgIpc) is 2.88. The highest BCUT2D eigenvalue weighted by atomic mass is 32.1. The summed E-state index contributed by atoms with van der Waals surface area (Å²) in [6.07, 6.45) is 0.755. The van der Waals surface area contributed by atoms with Gasteiger partial charge in [0.2, 0.25) is 0 Å². The van der Waals surface area contributed by atoms with Crippen LogP contribution in [0.1, 0.15) is 25.8 Å². The zero-order chi connectivity index (χ0) is 14.3. The van der Waals surface area contributed by atoms with E-state index in [-0.39, 0.29) is 18.6 Å². The van der Waals surface area contributed by atoms with Crippen molar-refractivity contribution in [2.24, 2.45) is 0 Å². The number of carbonyl (C=O) groups is 1. The summed E-state index contributed by atoms with van der Waals surface area (Å²) < 4.78 is 4.95. The molecule has 0 aromatic carbocycles. The van der Waals surface area contributed by atoms with Crippen molar-refractivity contribution >= 4 is 17.4 Å². The molecule has 0 spiro atoms. The Balaban J connectivity index is 2.34. The molecule has 1 aromatic rings. The summed E-state index contributed by atoms with van der Waals surface area (Å²) in [4.78, 5) is 11.7. The van der Waals surface area contributed by atoms with Crippen molar-refractivity contribution in [2.45, 2.75) is 31.9 Å². The summed E-state index contributed by atoms with van der Waals surface area (Å²) >= 11 is 1.52. The molecule has 108 valence electrons. The van der Waals surface area contributed by atoms with Gasteiger partial charge in [0, 0.05) is 19.8 Å². The monoisotopic (exact) mass is 286 g/mol. The lowest BCUT2D eigenvalue weighted by Gasteiger charge is -2.23. The Morgan fingerprint density at radius 2 is 2.37 bits per heavy atom. The van der Waals surface area contributed by atoms with Crippen LogP contribution in [0, 0.1) is 0 Å². The fourth-order valence-corrected chi connectivity index (χ4v) is 2.35. The van der Waals surface area contributed by atoms with Crippen molar-refractivity contribution in [2.75, 3.05) is 20.3 Å². The van der Waals surface area contributed by atoms with Crippen molar-refractivity contribution in [3.63, 3.8) is 0 Å².